The summed E-state index contributed by atoms with van der Waals surface area (Å²) >= 11 is 0. The molecule has 0 bridgehead atoms. The summed E-state index contributed by atoms with van der Waals surface area (Å²) in [7, 11) is -3.20. The predicted octanol–water partition coefficient (Wildman–Crippen LogP) is -3.67. The summed E-state index contributed by atoms with van der Waals surface area (Å²) in [6, 6.07) is 0. The van der Waals surface area contributed by atoms with Crippen LogP contribution >= 0.6 is 0 Å². The summed E-state index contributed by atoms with van der Waals surface area (Å²) < 4.78 is 29.3. The Morgan fingerprint density at radius 2 is 2.07 bits per heavy atom. The lowest BCUT2D eigenvalue weighted by molar-refractivity contribution is -0.328. The van der Waals surface area contributed by atoms with Crippen LogP contribution in [0.5, 0.6) is 0 Å². The predicted molar refractivity (Wildman–Crippen MR) is 45.2 cm³/mol. The van der Waals surface area contributed by atoms with Gasteiger partial charge in [0.25, 0.3) is 11.0 Å². The quantitative estimate of drug-likeness (QED) is 0.321. The first kappa shape index (κ1) is 12.8. The fourth-order valence-corrected chi connectivity index (χ4v) is 1.63. The van der Waals surface area contributed by atoms with Crippen molar-refractivity contribution in [2.45, 2.75) is 24.1 Å². The second-order valence-corrected chi connectivity index (χ2v) is 3.77. The van der Waals surface area contributed by atoms with Gasteiger partial charge in [0.1, 0.15) is 18.3 Å². The Morgan fingerprint density at radius 1 is 1.47 bits per heavy atom. The number of aliphatic hydroxyl groups excluding tert-OH is 3. The van der Waals surface area contributed by atoms with Gasteiger partial charge in [-0.05, 0) is 0 Å². The van der Waals surface area contributed by atoms with Crippen LogP contribution in [0.3, 0.4) is 0 Å². The maximum atomic E-state index is 10.2. The molecule has 0 saturated carbocycles. The molecule has 0 amide bonds. The average Bonchev–Trinajstić information content (AvgIpc) is 2.19. The van der Waals surface area contributed by atoms with E-state index in [0.29, 0.717) is 0 Å². The van der Waals surface area contributed by atoms with Gasteiger partial charge < -0.3 is 25.2 Å². The van der Waals surface area contributed by atoms with Crippen LogP contribution in [-0.2, 0) is 19.9 Å². The molecule has 15 heavy (non-hydrogen) atoms. The van der Waals surface area contributed by atoms with E-state index in [-0.39, 0.29) is 0 Å². The van der Waals surface area contributed by atoms with Crippen molar-refractivity contribution < 1.29 is 37.8 Å². The Bertz CT molecular complexity index is 283. The molecule has 0 aromatic carbocycles. The molecule has 1 heterocycles. The van der Waals surface area contributed by atoms with Crippen molar-refractivity contribution in [3.8, 4) is 0 Å². The Hall–Kier alpha value is -0.290. The Kier molecular flexibility index (Phi) is 4.00. The summed E-state index contributed by atoms with van der Waals surface area (Å²) in [6.07, 6.45) is -4.81. The number of aliphatic hydroxyl groups is 4. The third-order valence-corrected chi connectivity index (χ3v) is 2.56. The summed E-state index contributed by atoms with van der Waals surface area (Å²) in [5.74, 6) is -2.30. The highest BCUT2D eigenvalue weighted by Gasteiger charge is 2.49. The third-order valence-electron chi connectivity index (χ3n) is 2.11. The normalized spacial score (nSPS) is 42.1. The number of thiol groups is 1. The van der Waals surface area contributed by atoms with Gasteiger partial charge in [-0.1, -0.05) is 0 Å². The van der Waals surface area contributed by atoms with Crippen LogP contribution in [0.4, 0.5) is 0 Å². The SMILES string of the molecule is O=[SH](=O)O[C@@H]1CO[C@](O)(CO)[C@@H](O)[C@@H]1O. The van der Waals surface area contributed by atoms with Crippen molar-refractivity contribution in [1.82, 2.24) is 0 Å². The smallest absolute Gasteiger partial charge is 0.257 e. The lowest BCUT2D eigenvalue weighted by Gasteiger charge is -2.40. The van der Waals surface area contributed by atoms with Gasteiger partial charge in [-0.15, -0.1) is 0 Å². The van der Waals surface area contributed by atoms with Crippen LogP contribution in [-0.4, -0.2) is 66.2 Å². The second kappa shape index (κ2) is 4.70. The number of hydrogen-bond donors (Lipinski definition) is 5. The van der Waals surface area contributed by atoms with E-state index in [9.17, 15) is 23.7 Å². The molecule has 4 N–H and O–H groups in total. The fraction of sp³-hybridized carbons (Fsp3) is 1.00. The van der Waals surface area contributed by atoms with E-state index in [1.165, 1.54) is 0 Å². The van der Waals surface area contributed by atoms with Crippen LogP contribution in [0, 0.1) is 0 Å². The van der Waals surface area contributed by atoms with Gasteiger partial charge in [0.05, 0.1) is 13.2 Å². The molecule has 90 valence electrons. The molecule has 0 aliphatic carbocycles. The van der Waals surface area contributed by atoms with Crippen LogP contribution in [0.2, 0.25) is 0 Å². The van der Waals surface area contributed by atoms with Gasteiger partial charge >= 0.3 is 0 Å². The summed E-state index contributed by atoms with van der Waals surface area (Å²) in [4.78, 5) is 0. The first-order valence-electron chi connectivity index (χ1n) is 4.05. The van der Waals surface area contributed by atoms with E-state index in [2.05, 4.69) is 8.92 Å². The zero-order valence-corrected chi connectivity index (χ0v) is 8.41. The van der Waals surface area contributed by atoms with Crippen molar-refractivity contribution in [3.63, 3.8) is 0 Å². The Morgan fingerprint density at radius 3 is 2.53 bits per heavy atom. The molecule has 8 nitrogen and oxygen atoms in total. The van der Waals surface area contributed by atoms with Crippen LogP contribution in [0.25, 0.3) is 0 Å². The maximum Gasteiger partial charge on any atom is 0.257 e. The summed E-state index contributed by atoms with van der Waals surface area (Å²) in [5.41, 5.74) is 0. The monoisotopic (exact) mass is 244 g/mol. The van der Waals surface area contributed by atoms with Crippen molar-refractivity contribution in [1.29, 1.82) is 0 Å². The van der Waals surface area contributed by atoms with Gasteiger partial charge in [-0.3, -0.25) is 4.18 Å². The average molecular weight is 244 g/mol. The molecule has 0 spiro atoms. The largest absolute Gasteiger partial charge is 0.391 e. The number of hydrogen-bond acceptors (Lipinski definition) is 8. The topological polar surface area (TPSA) is 134 Å². The molecule has 1 saturated heterocycles. The molecular formula is C6H12O8S. The fourth-order valence-electron chi connectivity index (χ4n) is 1.22. The van der Waals surface area contributed by atoms with E-state index in [4.69, 9.17) is 5.11 Å². The zero-order chi connectivity index (χ0) is 11.6. The van der Waals surface area contributed by atoms with Crippen molar-refractivity contribution in [3.05, 3.63) is 0 Å². The van der Waals surface area contributed by atoms with Gasteiger partial charge in [0.15, 0.2) is 0 Å². The van der Waals surface area contributed by atoms with Crippen LogP contribution < -0.4 is 0 Å². The van der Waals surface area contributed by atoms with E-state index in [1.807, 2.05) is 0 Å². The minimum Gasteiger partial charge on any atom is -0.391 e. The summed E-state index contributed by atoms with van der Waals surface area (Å²) in [5, 5.41) is 36.8. The number of rotatable bonds is 3. The van der Waals surface area contributed by atoms with Crippen LogP contribution in [0.15, 0.2) is 0 Å². The van der Waals surface area contributed by atoms with Crippen molar-refractivity contribution in [2.24, 2.45) is 0 Å². The first-order chi connectivity index (χ1) is 6.90. The first-order valence-corrected chi connectivity index (χ1v) is 5.15. The number of ether oxygens (including phenoxy) is 1. The van der Waals surface area contributed by atoms with Gasteiger partial charge in [-0.25, -0.2) is 8.42 Å². The maximum absolute atomic E-state index is 10.2. The molecule has 0 unspecified atom stereocenters. The highest BCUT2D eigenvalue weighted by Crippen LogP contribution is 2.24. The molecular weight excluding hydrogens is 232 g/mol. The standard InChI is InChI=1S/C6H12O8S/c7-2-6(10)5(9)4(8)3(1-13-6)14-15(11)12/h3-5,7-10,15H,1-2H2/t3-,4-,5+,6-/m1/s1. The van der Waals surface area contributed by atoms with Gasteiger partial charge in [0.2, 0.25) is 5.79 Å². The van der Waals surface area contributed by atoms with Crippen molar-refractivity contribution in [2.75, 3.05) is 13.2 Å². The molecule has 1 rings (SSSR count). The van der Waals surface area contributed by atoms with E-state index < -0.39 is 48.3 Å². The minimum absolute atomic E-state index is 0.460. The highest BCUT2D eigenvalue weighted by molar-refractivity contribution is 7.67. The third kappa shape index (κ3) is 2.64. The molecule has 0 aromatic rings. The highest BCUT2D eigenvalue weighted by atomic mass is 32.2. The van der Waals surface area contributed by atoms with E-state index in [0.717, 1.165) is 0 Å². The molecule has 4 atom stereocenters. The molecule has 0 radical (unpaired) electrons. The lowest BCUT2D eigenvalue weighted by atomic mass is 9.98. The molecule has 9 heteroatoms. The molecule has 0 aromatic heterocycles. The van der Waals surface area contributed by atoms with Gasteiger partial charge in [0, 0.05) is 0 Å². The van der Waals surface area contributed by atoms with Gasteiger partial charge in [-0.2, -0.15) is 0 Å². The van der Waals surface area contributed by atoms with E-state index in [1.54, 1.807) is 0 Å². The Balaban J connectivity index is 2.72. The molecule has 1 aliphatic heterocycles. The second-order valence-electron chi connectivity index (χ2n) is 3.12. The summed E-state index contributed by atoms with van der Waals surface area (Å²) in [6.45, 7) is -1.39. The molecule has 1 fully saturated rings. The Labute approximate surface area is 86.8 Å². The molecule has 1 aliphatic rings. The lowest BCUT2D eigenvalue weighted by Crippen LogP contribution is -2.63. The van der Waals surface area contributed by atoms with E-state index >= 15 is 0 Å². The minimum atomic E-state index is -3.20. The van der Waals surface area contributed by atoms with Crippen molar-refractivity contribution >= 4 is 11.0 Å². The zero-order valence-electron chi connectivity index (χ0n) is 7.52. The van der Waals surface area contributed by atoms with Crippen LogP contribution in [0.1, 0.15) is 0 Å².